The molecule has 5 nitrogen and oxygen atoms in total. The summed E-state index contributed by atoms with van der Waals surface area (Å²) in [6.07, 6.45) is -0.220. The molecule has 0 saturated carbocycles. The Kier molecular flexibility index (Phi) is 3.95. The number of amides is 1. The summed E-state index contributed by atoms with van der Waals surface area (Å²) in [5, 5.41) is 0. The predicted molar refractivity (Wildman–Crippen MR) is 89.6 cm³/mol. The Morgan fingerprint density at radius 2 is 1.95 bits per heavy atom. The molecule has 6 heteroatoms. The topological polar surface area (TPSA) is 45.7 Å². The van der Waals surface area contributed by atoms with E-state index in [-0.39, 0.29) is 6.09 Å². The second kappa shape index (κ2) is 5.76. The highest BCUT2D eigenvalue weighted by Gasteiger charge is 2.26. The summed E-state index contributed by atoms with van der Waals surface area (Å²) in [6.45, 7) is 8.68. The zero-order valence-electron chi connectivity index (χ0n) is 13.2. The Morgan fingerprint density at radius 3 is 2.64 bits per heavy atom. The minimum absolute atomic E-state index is 0.220. The number of thiazole rings is 1. The van der Waals surface area contributed by atoms with E-state index in [1.807, 2.05) is 26.3 Å². The number of aromatic nitrogens is 1. The van der Waals surface area contributed by atoms with Gasteiger partial charge in [0.1, 0.15) is 5.60 Å². The number of hydrogen-bond acceptors (Lipinski definition) is 5. The minimum Gasteiger partial charge on any atom is -0.444 e. The van der Waals surface area contributed by atoms with Gasteiger partial charge < -0.3 is 14.5 Å². The highest BCUT2D eigenvalue weighted by atomic mass is 32.1. The van der Waals surface area contributed by atoms with E-state index in [1.165, 1.54) is 10.4 Å². The maximum atomic E-state index is 12.1. The lowest BCUT2D eigenvalue weighted by atomic mass is 10.2. The molecule has 22 heavy (non-hydrogen) atoms. The molecule has 118 valence electrons. The third-order valence-corrected chi connectivity index (χ3v) is 4.42. The fourth-order valence-corrected chi connectivity index (χ4v) is 3.18. The van der Waals surface area contributed by atoms with Crippen molar-refractivity contribution in [1.29, 1.82) is 0 Å². The zero-order chi connectivity index (χ0) is 15.7. The monoisotopic (exact) mass is 319 g/mol. The number of anilines is 1. The normalized spacial score (nSPS) is 16.1. The van der Waals surface area contributed by atoms with Crippen LogP contribution in [0.1, 0.15) is 20.8 Å². The molecule has 2 heterocycles. The summed E-state index contributed by atoms with van der Waals surface area (Å²) in [4.78, 5) is 20.5. The van der Waals surface area contributed by atoms with Crippen molar-refractivity contribution in [3.8, 4) is 0 Å². The van der Waals surface area contributed by atoms with Gasteiger partial charge in [0.05, 0.1) is 15.7 Å². The van der Waals surface area contributed by atoms with Crippen LogP contribution < -0.4 is 4.90 Å². The van der Waals surface area contributed by atoms with Gasteiger partial charge in [-0.3, -0.25) is 0 Å². The molecule has 1 aromatic carbocycles. The molecule has 1 fully saturated rings. The zero-order valence-corrected chi connectivity index (χ0v) is 14.0. The van der Waals surface area contributed by atoms with Gasteiger partial charge in [0.2, 0.25) is 0 Å². The third-order valence-electron chi connectivity index (χ3n) is 3.61. The van der Waals surface area contributed by atoms with E-state index in [4.69, 9.17) is 4.74 Å². The number of carbonyl (C=O) groups excluding carboxylic acids is 1. The molecule has 3 rings (SSSR count). The molecule has 1 aromatic heterocycles. The molecular formula is C16H21N3O2S. The second-order valence-corrected chi connectivity index (χ2v) is 7.35. The molecule has 2 aromatic rings. The second-order valence-electron chi connectivity index (χ2n) is 6.46. The molecule has 0 radical (unpaired) electrons. The average molecular weight is 319 g/mol. The lowest BCUT2D eigenvalue weighted by molar-refractivity contribution is 0.0240. The highest BCUT2D eigenvalue weighted by Crippen LogP contribution is 2.25. The van der Waals surface area contributed by atoms with Crippen molar-refractivity contribution in [2.45, 2.75) is 26.4 Å². The van der Waals surface area contributed by atoms with Crippen LogP contribution in [-0.2, 0) is 4.74 Å². The smallest absolute Gasteiger partial charge is 0.410 e. The summed E-state index contributed by atoms with van der Waals surface area (Å²) in [7, 11) is 0. The number of nitrogens with zero attached hydrogens (tertiary/aromatic N) is 3. The molecule has 1 amide bonds. The highest BCUT2D eigenvalue weighted by molar-refractivity contribution is 7.16. The van der Waals surface area contributed by atoms with E-state index in [0.717, 1.165) is 18.6 Å². The molecule has 1 aliphatic rings. The molecule has 0 N–H and O–H groups in total. The van der Waals surface area contributed by atoms with Gasteiger partial charge in [0.25, 0.3) is 0 Å². The van der Waals surface area contributed by atoms with Crippen LogP contribution in [0, 0.1) is 0 Å². The van der Waals surface area contributed by atoms with Gasteiger partial charge in [-0.25, -0.2) is 9.78 Å². The van der Waals surface area contributed by atoms with Crippen molar-refractivity contribution < 1.29 is 9.53 Å². The maximum absolute atomic E-state index is 12.1. The van der Waals surface area contributed by atoms with Gasteiger partial charge in [0.15, 0.2) is 0 Å². The van der Waals surface area contributed by atoms with Crippen LogP contribution in [0.4, 0.5) is 10.5 Å². The Hall–Kier alpha value is -1.82. The van der Waals surface area contributed by atoms with E-state index < -0.39 is 5.60 Å². The molecule has 0 spiro atoms. The van der Waals surface area contributed by atoms with Gasteiger partial charge in [-0.2, -0.15) is 0 Å². The predicted octanol–water partition coefficient (Wildman–Crippen LogP) is 3.35. The lowest BCUT2D eigenvalue weighted by Gasteiger charge is -2.36. The first-order chi connectivity index (χ1) is 10.4. The summed E-state index contributed by atoms with van der Waals surface area (Å²) < 4.78 is 6.63. The van der Waals surface area contributed by atoms with Gasteiger partial charge in [-0.05, 0) is 39.0 Å². The van der Waals surface area contributed by atoms with Crippen LogP contribution in [0.25, 0.3) is 10.2 Å². The largest absolute Gasteiger partial charge is 0.444 e. The number of ether oxygens (including phenoxy) is 1. The van der Waals surface area contributed by atoms with Crippen molar-refractivity contribution in [2.75, 3.05) is 31.1 Å². The van der Waals surface area contributed by atoms with Crippen molar-refractivity contribution in [3.63, 3.8) is 0 Å². The van der Waals surface area contributed by atoms with Crippen LogP contribution in [0.3, 0.4) is 0 Å². The summed E-state index contributed by atoms with van der Waals surface area (Å²) in [5.74, 6) is 0. The molecular weight excluding hydrogens is 298 g/mol. The Balaban J connectivity index is 1.62. The molecule has 1 saturated heterocycles. The van der Waals surface area contributed by atoms with Crippen LogP contribution in [0.2, 0.25) is 0 Å². The first kappa shape index (κ1) is 15.1. The van der Waals surface area contributed by atoms with Crippen molar-refractivity contribution in [3.05, 3.63) is 23.7 Å². The summed E-state index contributed by atoms with van der Waals surface area (Å²) in [5.41, 5.74) is 3.64. The molecule has 0 atom stereocenters. The summed E-state index contributed by atoms with van der Waals surface area (Å²) in [6, 6.07) is 6.36. The van der Waals surface area contributed by atoms with Crippen LogP contribution >= 0.6 is 11.3 Å². The first-order valence-electron chi connectivity index (χ1n) is 7.48. The standard InChI is InChI=1S/C16H21N3O2S/c1-16(2,3)21-15(20)19-8-6-18(7-9-19)12-4-5-14-13(10-12)17-11-22-14/h4-5,10-11H,6-9H2,1-3H3. The lowest BCUT2D eigenvalue weighted by Crippen LogP contribution is -2.50. The Bertz CT molecular complexity index is 669. The number of carbonyl (C=O) groups is 1. The number of rotatable bonds is 1. The summed E-state index contributed by atoms with van der Waals surface area (Å²) >= 11 is 1.65. The fourth-order valence-electron chi connectivity index (χ4n) is 2.52. The van der Waals surface area contributed by atoms with Crippen molar-refractivity contribution >= 4 is 33.3 Å². The minimum atomic E-state index is -0.441. The number of benzene rings is 1. The average Bonchev–Trinajstić information content (AvgIpc) is 2.93. The van der Waals surface area contributed by atoms with E-state index in [2.05, 4.69) is 28.1 Å². The Morgan fingerprint density at radius 1 is 1.23 bits per heavy atom. The van der Waals surface area contributed by atoms with Crippen molar-refractivity contribution in [1.82, 2.24) is 9.88 Å². The quantitative estimate of drug-likeness (QED) is 0.808. The van der Waals surface area contributed by atoms with Gasteiger partial charge in [-0.1, -0.05) is 0 Å². The third kappa shape index (κ3) is 3.32. The van der Waals surface area contributed by atoms with Gasteiger partial charge in [-0.15, -0.1) is 11.3 Å². The van der Waals surface area contributed by atoms with E-state index >= 15 is 0 Å². The van der Waals surface area contributed by atoms with E-state index in [9.17, 15) is 4.79 Å². The maximum Gasteiger partial charge on any atom is 0.410 e. The van der Waals surface area contributed by atoms with Crippen molar-refractivity contribution in [2.24, 2.45) is 0 Å². The molecule has 0 aliphatic carbocycles. The molecule has 1 aliphatic heterocycles. The number of piperazine rings is 1. The van der Waals surface area contributed by atoms with Gasteiger partial charge >= 0.3 is 6.09 Å². The van der Waals surface area contributed by atoms with Crippen LogP contribution in [-0.4, -0.2) is 47.8 Å². The number of fused-ring (bicyclic) bond motifs is 1. The molecule has 0 bridgehead atoms. The Labute approximate surface area is 134 Å². The first-order valence-corrected chi connectivity index (χ1v) is 8.36. The van der Waals surface area contributed by atoms with E-state index in [1.54, 1.807) is 16.2 Å². The fraction of sp³-hybridized carbons (Fsp3) is 0.500. The molecule has 0 unspecified atom stereocenters. The van der Waals surface area contributed by atoms with Crippen LogP contribution in [0.5, 0.6) is 0 Å². The van der Waals surface area contributed by atoms with E-state index in [0.29, 0.717) is 13.1 Å². The number of hydrogen-bond donors (Lipinski definition) is 0. The van der Waals surface area contributed by atoms with Gasteiger partial charge in [0, 0.05) is 31.9 Å². The SMILES string of the molecule is CC(C)(C)OC(=O)N1CCN(c2ccc3scnc3c2)CC1. The van der Waals surface area contributed by atoms with Crippen LogP contribution in [0.15, 0.2) is 23.7 Å².